The Balaban J connectivity index is 1.64. The molecule has 3 rings (SSSR count). The molecule has 0 fully saturated rings. The van der Waals surface area contributed by atoms with Crippen LogP contribution < -0.4 is 4.74 Å². The third-order valence-electron chi connectivity index (χ3n) is 3.90. The van der Waals surface area contributed by atoms with Crippen LogP contribution in [0.25, 0.3) is 6.08 Å². The van der Waals surface area contributed by atoms with Gasteiger partial charge in [0.05, 0.1) is 5.92 Å². The Morgan fingerprint density at radius 2 is 1.67 bits per heavy atom. The average molecular weight is 318 g/mol. The van der Waals surface area contributed by atoms with Crippen LogP contribution in [0.15, 0.2) is 78.6 Å². The van der Waals surface area contributed by atoms with Crippen molar-refractivity contribution in [1.29, 1.82) is 0 Å². The zero-order valence-corrected chi connectivity index (χ0v) is 13.2. The van der Waals surface area contributed by atoms with E-state index < -0.39 is 5.92 Å². The van der Waals surface area contributed by atoms with Gasteiger partial charge >= 0.3 is 0 Å². The van der Waals surface area contributed by atoms with Crippen molar-refractivity contribution in [2.24, 2.45) is 5.92 Å². The number of rotatable bonds is 5. The Labute approximate surface area is 141 Å². The third kappa shape index (κ3) is 4.07. The van der Waals surface area contributed by atoms with E-state index in [1.54, 1.807) is 6.08 Å². The van der Waals surface area contributed by atoms with Gasteiger partial charge in [-0.15, -0.1) is 0 Å². The van der Waals surface area contributed by atoms with Crippen LogP contribution in [-0.2, 0) is 9.59 Å². The highest BCUT2D eigenvalue weighted by Gasteiger charge is 2.28. The van der Waals surface area contributed by atoms with Crippen molar-refractivity contribution >= 4 is 17.6 Å². The molecule has 1 atom stereocenters. The molecule has 0 aromatic heterocycles. The maximum absolute atomic E-state index is 12.3. The lowest BCUT2D eigenvalue weighted by molar-refractivity contribution is -0.128. The number of para-hydroxylation sites is 1. The summed E-state index contributed by atoms with van der Waals surface area (Å²) < 4.78 is 5.69. The van der Waals surface area contributed by atoms with Crippen molar-refractivity contribution in [3.63, 3.8) is 0 Å². The molecule has 1 aliphatic rings. The van der Waals surface area contributed by atoms with Gasteiger partial charge in [0.25, 0.3) is 0 Å². The van der Waals surface area contributed by atoms with E-state index in [4.69, 9.17) is 4.74 Å². The van der Waals surface area contributed by atoms with Crippen LogP contribution >= 0.6 is 0 Å². The van der Waals surface area contributed by atoms with E-state index in [1.165, 1.54) is 12.2 Å². The van der Waals surface area contributed by atoms with E-state index in [9.17, 15) is 9.59 Å². The van der Waals surface area contributed by atoms with Crippen molar-refractivity contribution in [1.82, 2.24) is 0 Å². The van der Waals surface area contributed by atoms with Crippen LogP contribution in [-0.4, -0.2) is 11.6 Å². The van der Waals surface area contributed by atoms with E-state index in [1.807, 2.05) is 60.7 Å². The summed E-state index contributed by atoms with van der Waals surface area (Å²) in [6.07, 6.45) is 5.76. The summed E-state index contributed by atoms with van der Waals surface area (Å²) in [5, 5.41) is 0. The molecule has 3 heteroatoms. The van der Waals surface area contributed by atoms with Gasteiger partial charge in [0.1, 0.15) is 11.5 Å². The topological polar surface area (TPSA) is 43.4 Å². The van der Waals surface area contributed by atoms with Crippen LogP contribution in [0, 0.1) is 5.92 Å². The molecule has 0 saturated carbocycles. The van der Waals surface area contributed by atoms with Crippen LogP contribution in [0.1, 0.15) is 18.4 Å². The molecule has 0 saturated heterocycles. The summed E-state index contributed by atoms with van der Waals surface area (Å²) in [6.45, 7) is 0. The number of ketones is 2. The Bertz CT molecular complexity index is 773. The largest absolute Gasteiger partial charge is 0.462 e. The standard InChI is InChI=1S/C21H18O3/c22-20(14-11-16-7-3-1-4-8-16)19-13-12-18(15-21(19)23)24-17-9-5-2-6-10-17/h1-11,14-15,19H,12-13H2/b14-11+. The molecule has 3 nitrogen and oxygen atoms in total. The number of carbonyl (C=O) groups excluding carboxylic acids is 2. The van der Waals surface area contributed by atoms with Gasteiger partial charge in [0.2, 0.25) is 0 Å². The first kappa shape index (κ1) is 15.9. The smallest absolute Gasteiger partial charge is 0.169 e. The summed E-state index contributed by atoms with van der Waals surface area (Å²) in [6, 6.07) is 18.9. The molecule has 2 aromatic rings. The number of hydrogen-bond acceptors (Lipinski definition) is 3. The van der Waals surface area contributed by atoms with Crippen molar-refractivity contribution in [3.8, 4) is 5.75 Å². The molecule has 24 heavy (non-hydrogen) atoms. The minimum Gasteiger partial charge on any atom is -0.462 e. The molecular weight excluding hydrogens is 300 g/mol. The van der Waals surface area contributed by atoms with E-state index in [0.717, 1.165) is 5.56 Å². The highest BCUT2D eigenvalue weighted by molar-refractivity contribution is 6.13. The minimum absolute atomic E-state index is 0.154. The van der Waals surface area contributed by atoms with Gasteiger partial charge in [-0.05, 0) is 30.2 Å². The molecule has 1 aliphatic carbocycles. The van der Waals surface area contributed by atoms with Gasteiger partial charge in [0, 0.05) is 12.5 Å². The minimum atomic E-state index is -0.604. The fraction of sp³-hybridized carbons (Fsp3) is 0.143. The lowest BCUT2D eigenvalue weighted by atomic mass is 9.88. The van der Waals surface area contributed by atoms with Gasteiger partial charge < -0.3 is 4.74 Å². The molecule has 1 unspecified atom stereocenters. The fourth-order valence-electron chi connectivity index (χ4n) is 2.62. The van der Waals surface area contributed by atoms with Crippen molar-refractivity contribution < 1.29 is 14.3 Å². The Morgan fingerprint density at radius 1 is 1.00 bits per heavy atom. The molecular formula is C21H18O3. The van der Waals surface area contributed by atoms with E-state index in [2.05, 4.69) is 0 Å². The van der Waals surface area contributed by atoms with Gasteiger partial charge in [-0.3, -0.25) is 9.59 Å². The number of carbonyl (C=O) groups is 2. The molecule has 2 aromatic carbocycles. The lowest BCUT2D eigenvalue weighted by Gasteiger charge is -2.19. The van der Waals surface area contributed by atoms with Gasteiger partial charge in [-0.25, -0.2) is 0 Å². The van der Waals surface area contributed by atoms with Crippen molar-refractivity contribution in [2.45, 2.75) is 12.8 Å². The van der Waals surface area contributed by atoms with Crippen LogP contribution in [0.4, 0.5) is 0 Å². The lowest BCUT2D eigenvalue weighted by Crippen LogP contribution is -2.25. The second-order valence-corrected chi connectivity index (χ2v) is 5.67. The number of hydrogen-bond donors (Lipinski definition) is 0. The maximum Gasteiger partial charge on any atom is 0.169 e. The Kier molecular flexibility index (Phi) is 5.02. The quantitative estimate of drug-likeness (QED) is 0.612. The van der Waals surface area contributed by atoms with Crippen LogP contribution in [0.5, 0.6) is 5.75 Å². The average Bonchev–Trinajstić information content (AvgIpc) is 2.61. The summed E-state index contributed by atoms with van der Waals surface area (Å²) in [4.78, 5) is 24.5. The molecule has 0 N–H and O–H groups in total. The maximum atomic E-state index is 12.3. The Hall–Kier alpha value is -2.94. The van der Waals surface area contributed by atoms with Gasteiger partial charge in [0.15, 0.2) is 11.6 Å². The fourth-order valence-corrected chi connectivity index (χ4v) is 2.62. The monoisotopic (exact) mass is 318 g/mol. The van der Waals surface area contributed by atoms with Crippen LogP contribution in [0.3, 0.4) is 0 Å². The zero-order chi connectivity index (χ0) is 16.8. The third-order valence-corrected chi connectivity index (χ3v) is 3.90. The summed E-state index contributed by atoms with van der Waals surface area (Å²) in [7, 11) is 0. The predicted molar refractivity (Wildman–Crippen MR) is 93.4 cm³/mol. The number of allylic oxidation sites excluding steroid dienone is 3. The number of ether oxygens (including phenoxy) is 1. The van der Waals surface area contributed by atoms with Crippen LogP contribution in [0.2, 0.25) is 0 Å². The van der Waals surface area contributed by atoms with E-state index in [0.29, 0.717) is 24.4 Å². The molecule has 120 valence electrons. The Morgan fingerprint density at radius 3 is 2.33 bits per heavy atom. The summed E-state index contributed by atoms with van der Waals surface area (Å²) >= 11 is 0. The second-order valence-electron chi connectivity index (χ2n) is 5.67. The normalized spacial score (nSPS) is 17.6. The molecule has 0 amide bonds. The molecule has 0 aliphatic heterocycles. The van der Waals surface area contributed by atoms with Crippen molar-refractivity contribution in [3.05, 3.63) is 84.1 Å². The first-order chi connectivity index (χ1) is 11.7. The molecule has 0 radical (unpaired) electrons. The first-order valence-corrected chi connectivity index (χ1v) is 7.97. The first-order valence-electron chi connectivity index (χ1n) is 7.97. The van der Waals surface area contributed by atoms with E-state index >= 15 is 0 Å². The van der Waals surface area contributed by atoms with Gasteiger partial charge in [-0.2, -0.15) is 0 Å². The highest BCUT2D eigenvalue weighted by atomic mass is 16.5. The number of benzene rings is 2. The predicted octanol–water partition coefficient (Wildman–Crippen LogP) is 4.21. The molecule has 0 heterocycles. The second kappa shape index (κ2) is 7.55. The van der Waals surface area contributed by atoms with Gasteiger partial charge in [-0.1, -0.05) is 54.6 Å². The molecule has 0 spiro atoms. The van der Waals surface area contributed by atoms with Crippen molar-refractivity contribution in [2.75, 3.05) is 0 Å². The summed E-state index contributed by atoms with van der Waals surface area (Å²) in [5.41, 5.74) is 0.942. The SMILES string of the molecule is O=C1C=C(Oc2ccccc2)CCC1C(=O)/C=C/c1ccccc1. The van der Waals surface area contributed by atoms with E-state index in [-0.39, 0.29) is 11.6 Å². The summed E-state index contributed by atoms with van der Waals surface area (Å²) in [5.74, 6) is 0.370. The zero-order valence-electron chi connectivity index (χ0n) is 13.2. The highest BCUT2D eigenvalue weighted by Crippen LogP contribution is 2.25. The molecule has 0 bridgehead atoms.